The van der Waals surface area contributed by atoms with Crippen molar-refractivity contribution in [2.45, 2.75) is 0 Å². The normalized spacial score (nSPS) is 15.8. The molecule has 4 nitrogen and oxygen atoms in total. The lowest BCUT2D eigenvalue weighted by atomic mass is 10.2. The molecule has 1 aromatic rings. The molecule has 1 saturated heterocycles. The number of carbonyl (C=O) groups excluding carboxylic acids is 2. The minimum atomic E-state index is -0.225. The zero-order chi connectivity index (χ0) is 12.3. The van der Waals surface area contributed by atoms with Crippen LogP contribution in [-0.4, -0.2) is 47.1 Å². The smallest absolute Gasteiger partial charge is 0.278 e. The summed E-state index contributed by atoms with van der Waals surface area (Å²) in [4.78, 5) is 26.5. The minimum Gasteiger partial charge on any atom is -0.335 e. The predicted octanol–water partition coefficient (Wildman–Crippen LogP) is 1.49. The van der Waals surface area contributed by atoms with Crippen LogP contribution in [0.25, 0.3) is 0 Å². The third-order valence-corrected chi connectivity index (χ3v) is 3.14. The molecule has 0 radical (unpaired) electrons. The van der Waals surface area contributed by atoms with Crippen LogP contribution in [-0.2, 0) is 0 Å². The third kappa shape index (κ3) is 2.79. The predicted molar refractivity (Wildman–Crippen MR) is 68.3 cm³/mol. The summed E-state index contributed by atoms with van der Waals surface area (Å²) >= 11 is 3.78. The standard InChI is InChI=1S/C12H14N2O2S/c15-11(10-4-2-1-3-5-10)13-6-8-14(9-7-13)12(16)17/h1-5H,6-9H2,(H,16,17). The van der Waals surface area contributed by atoms with Crippen LogP contribution in [0.2, 0.25) is 0 Å². The van der Waals surface area contributed by atoms with Crippen LogP contribution in [0.5, 0.6) is 0 Å². The molecular formula is C12H14N2O2S. The first-order valence-corrected chi connectivity index (χ1v) is 5.95. The zero-order valence-corrected chi connectivity index (χ0v) is 10.3. The largest absolute Gasteiger partial charge is 0.335 e. The summed E-state index contributed by atoms with van der Waals surface area (Å²) in [6.07, 6.45) is 0. The van der Waals surface area contributed by atoms with Crippen molar-refractivity contribution in [3.8, 4) is 0 Å². The van der Waals surface area contributed by atoms with Gasteiger partial charge in [-0.05, 0) is 12.1 Å². The Labute approximate surface area is 106 Å². The van der Waals surface area contributed by atoms with Crippen molar-refractivity contribution in [2.75, 3.05) is 26.2 Å². The van der Waals surface area contributed by atoms with E-state index in [2.05, 4.69) is 12.6 Å². The van der Waals surface area contributed by atoms with E-state index in [9.17, 15) is 9.59 Å². The molecule has 5 heteroatoms. The zero-order valence-electron chi connectivity index (χ0n) is 9.37. The fourth-order valence-corrected chi connectivity index (χ4v) is 2.06. The van der Waals surface area contributed by atoms with E-state index < -0.39 is 0 Å². The Morgan fingerprint density at radius 3 is 2.00 bits per heavy atom. The van der Waals surface area contributed by atoms with Gasteiger partial charge in [0.2, 0.25) is 0 Å². The monoisotopic (exact) mass is 250 g/mol. The van der Waals surface area contributed by atoms with Crippen LogP contribution >= 0.6 is 12.6 Å². The van der Waals surface area contributed by atoms with Gasteiger partial charge in [0.15, 0.2) is 0 Å². The molecule has 1 aromatic carbocycles. The number of rotatable bonds is 1. The average Bonchev–Trinajstić information content (AvgIpc) is 2.39. The fraction of sp³-hybridized carbons (Fsp3) is 0.333. The van der Waals surface area contributed by atoms with Crippen LogP contribution in [0.15, 0.2) is 30.3 Å². The molecule has 1 heterocycles. The first-order valence-electron chi connectivity index (χ1n) is 5.50. The summed E-state index contributed by atoms with van der Waals surface area (Å²) in [5.74, 6) is 0.0249. The number of hydrogen-bond donors (Lipinski definition) is 1. The lowest BCUT2D eigenvalue weighted by molar-refractivity contribution is 0.0677. The molecule has 0 atom stereocenters. The quantitative estimate of drug-likeness (QED) is 0.767. The molecule has 0 aromatic heterocycles. The Kier molecular flexibility index (Phi) is 3.68. The fourth-order valence-electron chi connectivity index (χ4n) is 1.86. The molecule has 1 aliphatic heterocycles. The van der Waals surface area contributed by atoms with Gasteiger partial charge in [-0.3, -0.25) is 9.59 Å². The number of carbonyl (C=O) groups is 2. The molecule has 0 spiro atoms. The molecule has 90 valence electrons. The van der Waals surface area contributed by atoms with Gasteiger partial charge < -0.3 is 9.80 Å². The lowest BCUT2D eigenvalue weighted by Gasteiger charge is -2.33. The van der Waals surface area contributed by atoms with Crippen molar-refractivity contribution < 1.29 is 9.59 Å². The van der Waals surface area contributed by atoms with E-state index in [4.69, 9.17) is 0 Å². The number of benzene rings is 1. The van der Waals surface area contributed by atoms with E-state index >= 15 is 0 Å². The molecule has 0 bridgehead atoms. The van der Waals surface area contributed by atoms with Gasteiger partial charge in [0, 0.05) is 31.7 Å². The Morgan fingerprint density at radius 1 is 0.941 bits per heavy atom. The number of piperazine rings is 1. The Hall–Kier alpha value is -1.49. The van der Waals surface area contributed by atoms with Crippen molar-refractivity contribution in [1.29, 1.82) is 0 Å². The van der Waals surface area contributed by atoms with E-state index in [1.54, 1.807) is 21.9 Å². The number of nitrogens with zero attached hydrogens (tertiary/aromatic N) is 2. The second-order valence-corrected chi connectivity index (χ2v) is 4.31. The summed E-state index contributed by atoms with van der Waals surface area (Å²) < 4.78 is 0. The Balaban J connectivity index is 1.98. The minimum absolute atomic E-state index is 0.0249. The molecular weight excluding hydrogens is 236 g/mol. The van der Waals surface area contributed by atoms with Crippen molar-refractivity contribution in [2.24, 2.45) is 0 Å². The van der Waals surface area contributed by atoms with Gasteiger partial charge in [0.1, 0.15) is 0 Å². The highest BCUT2D eigenvalue weighted by Crippen LogP contribution is 2.09. The molecule has 2 rings (SSSR count). The second-order valence-electron chi connectivity index (χ2n) is 3.93. The maximum Gasteiger partial charge on any atom is 0.278 e. The van der Waals surface area contributed by atoms with Gasteiger partial charge in [-0.2, -0.15) is 0 Å². The second kappa shape index (κ2) is 5.23. The van der Waals surface area contributed by atoms with Gasteiger partial charge in [-0.25, -0.2) is 0 Å². The molecule has 2 amide bonds. The lowest BCUT2D eigenvalue weighted by Crippen LogP contribution is -2.49. The maximum absolute atomic E-state index is 12.1. The van der Waals surface area contributed by atoms with Gasteiger partial charge in [-0.15, -0.1) is 0 Å². The van der Waals surface area contributed by atoms with E-state index in [-0.39, 0.29) is 11.1 Å². The number of amides is 2. The first-order chi connectivity index (χ1) is 8.18. The van der Waals surface area contributed by atoms with Crippen LogP contribution < -0.4 is 0 Å². The number of thiol groups is 1. The van der Waals surface area contributed by atoms with Gasteiger partial charge >= 0.3 is 0 Å². The highest BCUT2D eigenvalue weighted by molar-refractivity contribution is 7.96. The van der Waals surface area contributed by atoms with Crippen molar-refractivity contribution in [3.63, 3.8) is 0 Å². The van der Waals surface area contributed by atoms with Gasteiger partial charge in [-0.1, -0.05) is 30.8 Å². The van der Waals surface area contributed by atoms with Crippen LogP contribution in [0, 0.1) is 0 Å². The highest BCUT2D eigenvalue weighted by atomic mass is 32.1. The molecule has 17 heavy (non-hydrogen) atoms. The van der Waals surface area contributed by atoms with Crippen LogP contribution in [0.3, 0.4) is 0 Å². The first kappa shape index (κ1) is 12.0. The average molecular weight is 250 g/mol. The van der Waals surface area contributed by atoms with Crippen LogP contribution in [0.4, 0.5) is 4.79 Å². The summed E-state index contributed by atoms with van der Waals surface area (Å²) in [6, 6.07) is 9.19. The topological polar surface area (TPSA) is 40.6 Å². The summed E-state index contributed by atoms with van der Waals surface area (Å²) in [5, 5.41) is -0.225. The molecule has 1 aliphatic rings. The van der Waals surface area contributed by atoms with E-state index in [0.717, 1.165) is 0 Å². The van der Waals surface area contributed by atoms with E-state index in [0.29, 0.717) is 31.7 Å². The van der Waals surface area contributed by atoms with E-state index in [1.165, 1.54) is 0 Å². The molecule has 0 aliphatic carbocycles. The van der Waals surface area contributed by atoms with Crippen molar-refractivity contribution in [3.05, 3.63) is 35.9 Å². The molecule has 0 unspecified atom stereocenters. The van der Waals surface area contributed by atoms with Crippen molar-refractivity contribution >= 4 is 23.8 Å². The Morgan fingerprint density at radius 2 is 1.47 bits per heavy atom. The van der Waals surface area contributed by atoms with Gasteiger partial charge in [0.25, 0.3) is 11.1 Å². The SMILES string of the molecule is O=C(S)N1CCN(C(=O)c2ccccc2)CC1. The summed E-state index contributed by atoms with van der Waals surface area (Å²) in [7, 11) is 0. The van der Waals surface area contributed by atoms with Crippen LogP contribution in [0.1, 0.15) is 10.4 Å². The summed E-state index contributed by atoms with van der Waals surface area (Å²) in [5.41, 5.74) is 0.693. The van der Waals surface area contributed by atoms with E-state index in [1.807, 2.05) is 18.2 Å². The molecule has 1 fully saturated rings. The maximum atomic E-state index is 12.1. The number of hydrogen-bond acceptors (Lipinski definition) is 2. The molecule has 0 N–H and O–H groups in total. The third-order valence-electron chi connectivity index (χ3n) is 2.86. The summed E-state index contributed by atoms with van der Waals surface area (Å²) in [6.45, 7) is 2.25. The van der Waals surface area contributed by atoms with Gasteiger partial charge in [0.05, 0.1) is 0 Å². The Bertz CT molecular complexity index is 414. The van der Waals surface area contributed by atoms with Crippen molar-refractivity contribution in [1.82, 2.24) is 9.80 Å². The highest BCUT2D eigenvalue weighted by Gasteiger charge is 2.23. The molecule has 0 saturated carbocycles.